The number of ether oxygens (including phenoxy) is 1. The molecule has 0 bridgehead atoms. The Morgan fingerprint density at radius 3 is 2.68 bits per heavy atom. The zero-order valence-corrected chi connectivity index (χ0v) is 16.6. The lowest BCUT2D eigenvalue weighted by Gasteiger charge is -2.20. The average molecular weight is 404 g/mol. The molecule has 0 spiro atoms. The maximum atomic E-state index is 12.5. The zero-order valence-electron chi connectivity index (χ0n) is 15.8. The average Bonchev–Trinajstić information content (AvgIpc) is 3.10. The van der Waals surface area contributed by atoms with Crippen LogP contribution in [-0.4, -0.2) is 36.8 Å². The molecule has 0 aliphatic heterocycles. The lowest BCUT2D eigenvalue weighted by molar-refractivity contribution is -0.123. The molecule has 28 heavy (non-hydrogen) atoms. The molecule has 3 rings (SSSR count). The summed E-state index contributed by atoms with van der Waals surface area (Å²) in [7, 11) is 1.39. The van der Waals surface area contributed by atoms with Crippen LogP contribution in [0.1, 0.15) is 48.2 Å². The van der Waals surface area contributed by atoms with Gasteiger partial charge in [0.05, 0.1) is 0 Å². The highest BCUT2D eigenvalue weighted by Gasteiger charge is 2.24. The highest BCUT2D eigenvalue weighted by atomic mass is 32.2. The van der Waals surface area contributed by atoms with E-state index in [-0.39, 0.29) is 5.76 Å². The van der Waals surface area contributed by atoms with E-state index in [2.05, 4.69) is 5.32 Å². The molecule has 0 unspecified atom stereocenters. The van der Waals surface area contributed by atoms with Gasteiger partial charge in [0.25, 0.3) is 5.91 Å². The number of furan rings is 1. The third kappa shape index (κ3) is 5.07. The number of benzene rings is 1. The fourth-order valence-electron chi connectivity index (χ4n) is 3.26. The van der Waals surface area contributed by atoms with E-state index in [0.29, 0.717) is 16.6 Å². The summed E-state index contributed by atoms with van der Waals surface area (Å²) in [6.45, 7) is -0.557. The van der Waals surface area contributed by atoms with Crippen molar-refractivity contribution in [3.63, 3.8) is 0 Å². The Hall–Kier alpha value is -2.48. The Kier molecular flexibility index (Phi) is 6.97. The molecule has 3 amide bonds. The van der Waals surface area contributed by atoms with Crippen LogP contribution in [0, 0.1) is 0 Å². The fraction of sp³-hybridized carbons (Fsp3) is 0.450. The van der Waals surface area contributed by atoms with E-state index in [0.717, 1.165) is 10.9 Å². The summed E-state index contributed by atoms with van der Waals surface area (Å²) >= 11 is 1.84. The molecule has 2 aromatic rings. The van der Waals surface area contributed by atoms with Gasteiger partial charge in [0.1, 0.15) is 5.58 Å². The molecular weight excluding hydrogens is 380 g/mol. The molecule has 2 N–H and O–H groups in total. The first-order chi connectivity index (χ1) is 13.6. The van der Waals surface area contributed by atoms with Gasteiger partial charge in [-0.15, -0.1) is 0 Å². The fourth-order valence-corrected chi connectivity index (χ4v) is 4.62. The number of fused-ring (bicyclic) bond motifs is 1. The van der Waals surface area contributed by atoms with Gasteiger partial charge < -0.3 is 14.5 Å². The standard InChI is InChI=1S/C20H24N2O5S/c1-21-20(25)22-17(23)11-26-19(24)18-15(12-28-13-7-3-2-4-8-13)14-9-5-6-10-16(14)27-18/h5-6,9-10,13H,2-4,7-8,11-12H2,1H3,(H2,21,22,23,25). The Bertz CT molecular complexity index is 857. The smallest absolute Gasteiger partial charge is 0.375 e. The molecule has 0 radical (unpaired) electrons. The number of nitrogens with one attached hydrogen (secondary N) is 2. The van der Waals surface area contributed by atoms with Crippen LogP contribution in [0.5, 0.6) is 0 Å². The second kappa shape index (κ2) is 9.64. The molecule has 1 aromatic carbocycles. The number of thioether (sulfide) groups is 1. The lowest BCUT2D eigenvalue weighted by atomic mass is 10.0. The number of urea groups is 1. The van der Waals surface area contributed by atoms with Crippen LogP contribution in [0.4, 0.5) is 4.79 Å². The predicted octanol–water partition coefficient (Wildman–Crippen LogP) is 3.61. The van der Waals surface area contributed by atoms with E-state index in [1.165, 1.54) is 39.2 Å². The molecule has 7 nitrogen and oxygen atoms in total. The molecule has 1 fully saturated rings. The van der Waals surface area contributed by atoms with Crippen molar-refractivity contribution >= 4 is 40.6 Å². The summed E-state index contributed by atoms with van der Waals surface area (Å²) in [4.78, 5) is 35.3. The van der Waals surface area contributed by atoms with Crippen LogP contribution >= 0.6 is 11.8 Å². The third-order valence-electron chi connectivity index (χ3n) is 4.71. The van der Waals surface area contributed by atoms with Gasteiger partial charge in [-0.2, -0.15) is 11.8 Å². The Balaban J connectivity index is 1.71. The van der Waals surface area contributed by atoms with Crippen LogP contribution in [0.2, 0.25) is 0 Å². The molecule has 1 heterocycles. The number of carbonyl (C=O) groups excluding carboxylic acids is 3. The summed E-state index contributed by atoms with van der Waals surface area (Å²) < 4.78 is 10.8. The molecule has 1 aliphatic rings. The van der Waals surface area contributed by atoms with Crippen LogP contribution in [0.3, 0.4) is 0 Å². The van der Waals surface area contributed by atoms with Gasteiger partial charge in [0.2, 0.25) is 5.76 Å². The Labute approximate surface area is 167 Å². The van der Waals surface area contributed by atoms with Crippen LogP contribution < -0.4 is 10.6 Å². The minimum absolute atomic E-state index is 0.122. The van der Waals surface area contributed by atoms with E-state index >= 15 is 0 Å². The molecule has 1 aromatic heterocycles. The van der Waals surface area contributed by atoms with E-state index < -0.39 is 24.5 Å². The summed E-state index contributed by atoms with van der Waals surface area (Å²) in [6.07, 6.45) is 6.18. The molecule has 0 saturated heterocycles. The number of rotatable bonds is 6. The van der Waals surface area contributed by atoms with Crippen molar-refractivity contribution in [2.24, 2.45) is 0 Å². The SMILES string of the molecule is CNC(=O)NC(=O)COC(=O)c1oc2ccccc2c1CSC1CCCCC1. The lowest BCUT2D eigenvalue weighted by Crippen LogP contribution is -2.39. The number of amides is 3. The number of carbonyl (C=O) groups is 3. The van der Waals surface area contributed by atoms with Crippen molar-refractivity contribution in [1.82, 2.24) is 10.6 Å². The van der Waals surface area contributed by atoms with Crippen molar-refractivity contribution in [1.29, 1.82) is 0 Å². The van der Waals surface area contributed by atoms with Gasteiger partial charge in [-0.1, -0.05) is 37.5 Å². The monoisotopic (exact) mass is 404 g/mol. The quantitative estimate of drug-likeness (QED) is 0.714. The normalized spacial score (nSPS) is 14.6. The molecule has 8 heteroatoms. The van der Waals surface area contributed by atoms with Crippen LogP contribution in [-0.2, 0) is 15.3 Å². The number of hydrogen-bond donors (Lipinski definition) is 2. The van der Waals surface area contributed by atoms with E-state index in [1.807, 2.05) is 35.3 Å². The number of hydrogen-bond acceptors (Lipinski definition) is 6. The minimum atomic E-state index is -0.707. The Morgan fingerprint density at radius 1 is 1.18 bits per heavy atom. The Morgan fingerprint density at radius 2 is 1.93 bits per heavy atom. The third-order valence-corrected chi connectivity index (χ3v) is 6.11. The highest BCUT2D eigenvalue weighted by Crippen LogP contribution is 2.35. The second-order valence-corrected chi connectivity index (χ2v) is 7.97. The molecular formula is C20H24N2O5S. The second-order valence-electron chi connectivity index (χ2n) is 6.68. The topological polar surface area (TPSA) is 97.6 Å². The van der Waals surface area contributed by atoms with E-state index in [9.17, 15) is 14.4 Å². The largest absolute Gasteiger partial charge is 0.450 e. The van der Waals surface area contributed by atoms with Gasteiger partial charge in [-0.05, 0) is 18.9 Å². The molecule has 0 atom stereocenters. The van der Waals surface area contributed by atoms with Crippen molar-refractivity contribution < 1.29 is 23.5 Å². The van der Waals surface area contributed by atoms with Crippen molar-refractivity contribution in [3.8, 4) is 0 Å². The first kappa shape index (κ1) is 20.3. The molecule has 1 saturated carbocycles. The van der Waals surface area contributed by atoms with Crippen molar-refractivity contribution in [2.45, 2.75) is 43.1 Å². The van der Waals surface area contributed by atoms with Crippen LogP contribution in [0.15, 0.2) is 28.7 Å². The van der Waals surface area contributed by atoms with Crippen LogP contribution in [0.25, 0.3) is 11.0 Å². The summed E-state index contributed by atoms with van der Waals surface area (Å²) in [5, 5.41) is 5.77. The van der Waals surface area contributed by atoms with Crippen molar-refractivity contribution in [3.05, 3.63) is 35.6 Å². The highest BCUT2D eigenvalue weighted by molar-refractivity contribution is 7.99. The summed E-state index contributed by atoms with van der Waals surface area (Å²) in [5.74, 6) is -0.641. The van der Waals surface area contributed by atoms with E-state index in [1.54, 1.807) is 6.07 Å². The number of para-hydroxylation sites is 1. The number of imide groups is 1. The van der Waals surface area contributed by atoms with Gasteiger partial charge >= 0.3 is 12.0 Å². The van der Waals surface area contributed by atoms with Gasteiger partial charge in [0.15, 0.2) is 6.61 Å². The minimum Gasteiger partial charge on any atom is -0.450 e. The predicted molar refractivity (Wildman–Crippen MR) is 107 cm³/mol. The number of esters is 1. The summed E-state index contributed by atoms with van der Waals surface area (Å²) in [6, 6.07) is 6.81. The van der Waals surface area contributed by atoms with Gasteiger partial charge in [-0.3, -0.25) is 10.1 Å². The summed E-state index contributed by atoms with van der Waals surface area (Å²) in [5.41, 5.74) is 1.41. The van der Waals surface area contributed by atoms with Gasteiger partial charge in [0, 0.05) is 29.0 Å². The maximum absolute atomic E-state index is 12.5. The molecule has 1 aliphatic carbocycles. The first-order valence-corrected chi connectivity index (χ1v) is 10.4. The van der Waals surface area contributed by atoms with Gasteiger partial charge in [-0.25, -0.2) is 9.59 Å². The van der Waals surface area contributed by atoms with E-state index in [4.69, 9.17) is 9.15 Å². The molecule has 150 valence electrons. The van der Waals surface area contributed by atoms with Crippen molar-refractivity contribution in [2.75, 3.05) is 13.7 Å². The first-order valence-electron chi connectivity index (χ1n) is 9.39. The zero-order chi connectivity index (χ0) is 19.9. The maximum Gasteiger partial charge on any atom is 0.375 e.